The Kier molecular flexibility index (Phi) is 4.58. The third-order valence-electron chi connectivity index (χ3n) is 7.80. The van der Waals surface area contributed by atoms with E-state index in [0.29, 0.717) is 5.92 Å². The Hall–Kier alpha value is -3.78. The van der Waals surface area contributed by atoms with Crippen LogP contribution < -0.4 is 0 Å². The van der Waals surface area contributed by atoms with E-state index in [1.165, 1.54) is 92.6 Å². The van der Waals surface area contributed by atoms with Gasteiger partial charge in [-0.15, -0.1) is 0 Å². The van der Waals surface area contributed by atoms with Crippen molar-refractivity contribution in [1.82, 2.24) is 9.97 Å². The van der Waals surface area contributed by atoms with E-state index in [1.807, 2.05) is 0 Å². The van der Waals surface area contributed by atoms with Crippen molar-refractivity contribution < 1.29 is 0 Å². The Morgan fingerprint density at radius 3 is 2.18 bits per heavy atom. The van der Waals surface area contributed by atoms with Crippen LogP contribution in [-0.2, 0) is 0 Å². The van der Waals surface area contributed by atoms with Crippen molar-refractivity contribution in [3.63, 3.8) is 0 Å². The van der Waals surface area contributed by atoms with Gasteiger partial charge in [0.15, 0.2) is 0 Å². The second-order valence-electron chi connectivity index (χ2n) is 9.76. The lowest BCUT2D eigenvalue weighted by molar-refractivity contribution is 0.446. The largest absolute Gasteiger partial charge is 0.361 e. The number of H-pyrrole nitrogens is 2. The molecule has 2 nitrogen and oxygen atoms in total. The Balaban J connectivity index is 1.65. The predicted octanol–water partition coefficient (Wildman–Crippen LogP) is 9.18. The average Bonchev–Trinajstić information content (AvgIpc) is 3.51. The summed E-state index contributed by atoms with van der Waals surface area (Å²) in [7, 11) is 0. The SMILES string of the molecule is c1ccc(-c2cc(C3CCCCC3)c3c([nH]c4ccccc43)c2-c2c[nH]c3ccccc23)cc1. The van der Waals surface area contributed by atoms with Crippen LogP contribution in [0.25, 0.3) is 55.0 Å². The van der Waals surface area contributed by atoms with Crippen LogP contribution in [-0.4, -0.2) is 9.97 Å². The van der Waals surface area contributed by atoms with Crippen molar-refractivity contribution in [1.29, 1.82) is 0 Å². The van der Waals surface area contributed by atoms with Crippen LogP contribution in [0.4, 0.5) is 0 Å². The molecule has 2 heterocycles. The topological polar surface area (TPSA) is 31.6 Å². The van der Waals surface area contributed by atoms with Crippen molar-refractivity contribution in [3.05, 3.63) is 96.7 Å². The van der Waals surface area contributed by atoms with Gasteiger partial charge in [-0.1, -0.05) is 86.0 Å². The maximum Gasteiger partial charge on any atom is 0.0554 e. The van der Waals surface area contributed by atoms with Gasteiger partial charge in [0.05, 0.1) is 5.52 Å². The van der Waals surface area contributed by atoms with Crippen LogP contribution in [0.1, 0.15) is 43.6 Å². The molecule has 0 saturated heterocycles. The van der Waals surface area contributed by atoms with Crippen molar-refractivity contribution >= 4 is 32.7 Å². The van der Waals surface area contributed by atoms with E-state index in [4.69, 9.17) is 0 Å². The fraction of sp³-hybridized carbons (Fsp3) is 0.188. The van der Waals surface area contributed by atoms with Gasteiger partial charge in [-0.2, -0.15) is 0 Å². The van der Waals surface area contributed by atoms with Gasteiger partial charge in [-0.3, -0.25) is 0 Å². The van der Waals surface area contributed by atoms with E-state index >= 15 is 0 Å². The molecular formula is C32H28N2. The summed E-state index contributed by atoms with van der Waals surface area (Å²) in [4.78, 5) is 7.40. The average molecular weight is 441 g/mol. The van der Waals surface area contributed by atoms with Crippen molar-refractivity contribution in [2.24, 2.45) is 0 Å². The van der Waals surface area contributed by atoms with Crippen LogP contribution in [0, 0.1) is 0 Å². The molecule has 1 saturated carbocycles. The minimum Gasteiger partial charge on any atom is -0.361 e. The smallest absolute Gasteiger partial charge is 0.0554 e. The third-order valence-corrected chi connectivity index (χ3v) is 7.80. The van der Waals surface area contributed by atoms with Crippen molar-refractivity contribution in [3.8, 4) is 22.3 Å². The first-order chi connectivity index (χ1) is 16.9. The zero-order chi connectivity index (χ0) is 22.5. The van der Waals surface area contributed by atoms with E-state index in [-0.39, 0.29) is 0 Å². The summed E-state index contributed by atoms with van der Waals surface area (Å²) in [6.45, 7) is 0. The van der Waals surface area contributed by atoms with E-state index in [9.17, 15) is 0 Å². The third kappa shape index (κ3) is 3.02. The van der Waals surface area contributed by atoms with E-state index < -0.39 is 0 Å². The predicted molar refractivity (Wildman–Crippen MR) is 144 cm³/mol. The zero-order valence-corrected chi connectivity index (χ0v) is 19.3. The molecule has 0 spiro atoms. The number of rotatable bonds is 3. The highest BCUT2D eigenvalue weighted by Crippen LogP contribution is 2.47. The summed E-state index contributed by atoms with van der Waals surface area (Å²) in [5.74, 6) is 0.620. The van der Waals surface area contributed by atoms with Crippen LogP contribution in [0.3, 0.4) is 0 Å². The lowest BCUT2D eigenvalue weighted by atomic mass is 9.79. The molecule has 2 aromatic heterocycles. The van der Waals surface area contributed by atoms with Gasteiger partial charge in [0, 0.05) is 44.5 Å². The standard InChI is InChI=1S/C32H28N2/c1-3-11-21(12-4-1)25-19-26(22-13-5-2-6-14-22)31(27-20-33-28-17-9-7-15-23(27)28)32-30(25)24-16-8-10-18-29(24)34-32/h2,5-10,13-21,33-34H,1,3-4,11-12H2. The van der Waals surface area contributed by atoms with Crippen LogP contribution >= 0.6 is 0 Å². The van der Waals surface area contributed by atoms with Gasteiger partial charge in [0.1, 0.15) is 0 Å². The molecule has 0 atom stereocenters. The Labute approximate surface area is 199 Å². The molecule has 7 rings (SSSR count). The Morgan fingerprint density at radius 2 is 1.35 bits per heavy atom. The first-order valence-electron chi connectivity index (χ1n) is 12.6. The van der Waals surface area contributed by atoms with Gasteiger partial charge >= 0.3 is 0 Å². The molecule has 1 aliphatic carbocycles. The molecule has 166 valence electrons. The highest BCUT2D eigenvalue weighted by Gasteiger charge is 2.25. The Morgan fingerprint density at radius 1 is 0.647 bits per heavy atom. The maximum absolute atomic E-state index is 3.88. The molecule has 2 N–H and O–H groups in total. The molecule has 4 aromatic carbocycles. The molecule has 0 aliphatic heterocycles. The molecule has 0 radical (unpaired) electrons. The second-order valence-corrected chi connectivity index (χ2v) is 9.76. The summed E-state index contributed by atoms with van der Waals surface area (Å²) >= 11 is 0. The van der Waals surface area contributed by atoms with Gasteiger partial charge in [-0.25, -0.2) is 0 Å². The first kappa shape index (κ1) is 19.7. The molecular weight excluding hydrogens is 412 g/mol. The molecule has 0 bridgehead atoms. The van der Waals surface area contributed by atoms with E-state index in [2.05, 4.69) is 101 Å². The number of aromatic nitrogens is 2. The fourth-order valence-electron chi connectivity index (χ4n) is 6.20. The summed E-state index contributed by atoms with van der Waals surface area (Å²) in [5.41, 5.74) is 10.4. The number of benzene rings is 4. The number of hydrogen-bond donors (Lipinski definition) is 2. The summed E-state index contributed by atoms with van der Waals surface area (Å²) in [6.07, 6.45) is 8.80. The zero-order valence-electron chi connectivity index (χ0n) is 19.3. The Bertz CT molecular complexity index is 1630. The van der Waals surface area contributed by atoms with Crippen molar-refractivity contribution in [2.75, 3.05) is 0 Å². The molecule has 6 aromatic rings. The molecule has 34 heavy (non-hydrogen) atoms. The molecule has 0 unspecified atom stereocenters. The van der Waals surface area contributed by atoms with Crippen molar-refractivity contribution in [2.45, 2.75) is 38.0 Å². The number of hydrogen-bond acceptors (Lipinski definition) is 0. The second kappa shape index (κ2) is 7.92. The van der Waals surface area contributed by atoms with Crippen LogP contribution in [0.15, 0.2) is 91.1 Å². The lowest BCUT2D eigenvalue weighted by Crippen LogP contribution is -2.06. The molecule has 1 aliphatic rings. The van der Waals surface area contributed by atoms with Crippen LogP contribution in [0.5, 0.6) is 0 Å². The van der Waals surface area contributed by atoms with Gasteiger partial charge in [0.25, 0.3) is 0 Å². The highest BCUT2D eigenvalue weighted by atomic mass is 14.7. The number of aromatic amines is 2. The summed E-state index contributed by atoms with van der Waals surface area (Å²) in [5, 5.41) is 4.03. The first-order valence-corrected chi connectivity index (χ1v) is 12.6. The van der Waals surface area contributed by atoms with Gasteiger partial charge < -0.3 is 9.97 Å². The minimum atomic E-state index is 0.620. The molecule has 2 heteroatoms. The number of nitrogens with one attached hydrogen (secondary N) is 2. The molecule has 1 fully saturated rings. The summed E-state index contributed by atoms with van der Waals surface area (Å²) < 4.78 is 0. The van der Waals surface area contributed by atoms with E-state index in [0.717, 1.165) is 0 Å². The number of fused-ring (bicyclic) bond motifs is 4. The van der Waals surface area contributed by atoms with E-state index in [1.54, 1.807) is 0 Å². The maximum atomic E-state index is 3.88. The van der Waals surface area contributed by atoms with Gasteiger partial charge in [0.2, 0.25) is 0 Å². The monoisotopic (exact) mass is 440 g/mol. The normalized spacial score (nSPS) is 14.9. The molecule has 0 amide bonds. The number of para-hydroxylation sites is 2. The quantitative estimate of drug-likeness (QED) is 0.275. The fourth-order valence-corrected chi connectivity index (χ4v) is 6.20. The summed E-state index contributed by atoms with van der Waals surface area (Å²) in [6, 6.07) is 30.9. The minimum absolute atomic E-state index is 0.620. The van der Waals surface area contributed by atoms with Crippen LogP contribution in [0.2, 0.25) is 0 Å². The highest BCUT2D eigenvalue weighted by molar-refractivity contribution is 6.18. The lowest BCUT2D eigenvalue weighted by Gasteiger charge is -2.25. The van der Waals surface area contributed by atoms with Gasteiger partial charge in [-0.05, 0) is 53.6 Å².